The molecule has 0 fully saturated rings. The van der Waals surface area contributed by atoms with Gasteiger partial charge in [0.05, 0.1) is 16.3 Å². The maximum Gasteiger partial charge on any atom is 0.257 e. The van der Waals surface area contributed by atoms with Crippen LogP contribution in [-0.4, -0.2) is 10.9 Å². The first kappa shape index (κ1) is 13.6. The summed E-state index contributed by atoms with van der Waals surface area (Å²) in [7, 11) is 0. The average Bonchev–Trinajstić information content (AvgIpc) is 2.42. The number of hydrazine groups is 1. The molecule has 0 bridgehead atoms. The van der Waals surface area contributed by atoms with E-state index in [-0.39, 0.29) is 5.91 Å². The van der Waals surface area contributed by atoms with Crippen molar-refractivity contribution in [2.24, 2.45) is 5.84 Å². The Balaban J connectivity index is 2.15. The molecular formula is C12H10Cl2N4O. The third-order valence-corrected chi connectivity index (χ3v) is 2.90. The topological polar surface area (TPSA) is 80.0 Å². The number of carbonyl (C=O) groups excluding carboxylic acids is 1. The molecule has 1 heterocycles. The first-order valence-corrected chi connectivity index (χ1v) is 6.05. The van der Waals surface area contributed by atoms with E-state index in [0.717, 1.165) is 0 Å². The molecule has 4 N–H and O–H groups in total. The molecule has 0 unspecified atom stereocenters. The minimum atomic E-state index is -0.319. The van der Waals surface area contributed by atoms with Crippen molar-refractivity contribution in [1.29, 1.82) is 0 Å². The molecule has 2 rings (SSSR count). The fraction of sp³-hybridized carbons (Fsp3) is 0. The van der Waals surface area contributed by atoms with Gasteiger partial charge >= 0.3 is 0 Å². The van der Waals surface area contributed by atoms with Gasteiger partial charge in [-0.3, -0.25) is 4.79 Å². The molecule has 7 heteroatoms. The Morgan fingerprint density at radius 1 is 1.21 bits per heavy atom. The van der Waals surface area contributed by atoms with E-state index < -0.39 is 0 Å². The first-order valence-electron chi connectivity index (χ1n) is 5.29. The second-order valence-electron chi connectivity index (χ2n) is 3.65. The van der Waals surface area contributed by atoms with Crippen LogP contribution < -0.4 is 16.6 Å². The molecular weight excluding hydrogens is 287 g/mol. The molecule has 0 aliphatic carbocycles. The van der Waals surface area contributed by atoms with Gasteiger partial charge in [-0.15, -0.1) is 0 Å². The lowest BCUT2D eigenvalue weighted by atomic mass is 10.2. The lowest BCUT2D eigenvalue weighted by molar-refractivity contribution is 0.102. The van der Waals surface area contributed by atoms with Crippen LogP contribution in [0.2, 0.25) is 10.0 Å². The Hall–Kier alpha value is -1.82. The molecule has 0 saturated heterocycles. The van der Waals surface area contributed by atoms with E-state index in [9.17, 15) is 4.79 Å². The van der Waals surface area contributed by atoms with Gasteiger partial charge in [-0.2, -0.15) is 0 Å². The Bertz CT molecular complexity index is 601. The number of nitrogens with one attached hydrogen (secondary N) is 2. The minimum absolute atomic E-state index is 0.319. The predicted octanol–water partition coefficient (Wildman–Crippen LogP) is 2.93. The van der Waals surface area contributed by atoms with Gasteiger partial charge < -0.3 is 10.7 Å². The van der Waals surface area contributed by atoms with E-state index in [2.05, 4.69) is 15.7 Å². The summed E-state index contributed by atoms with van der Waals surface area (Å²) < 4.78 is 0. The molecule has 1 aromatic carbocycles. The second kappa shape index (κ2) is 5.88. The number of hydrogen-bond acceptors (Lipinski definition) is 4. The highest BCUT2D eigenvalue weighted by atomic mass is 35.5. The summed E-state index contributed by atoms with van der Waals surface area (Å²) in [6, 6.07) is 8.02. The largest absolute Gasteiger partial charge is 0.321 e. The van der Waals surface area contributed by atoms with Crippen molar-refractivity contribution in [3.8, 4) is 0 Å². The van der Waals surface area contributed by atoms with Crippen LogP contribution >= 0.6 is 23.2 Å². The molecule has 1 amide bonds. The van der Waals surface area contributed by atoms with Gasteiger partial charge in [0.25, 0.3) is 5.91 Å². The fourth-order valence-electron chi connectivity index (χ4n) is 1.40. The SMILES string of the molecule is NNc1ccc(C(=O)Nc2ccc(Cl)cc2Cl)cn1. The van der Waals surface area contributed by atoms with Crippen molar-refractivity contribution < 1.29 is 4.79 Å². The molecule has 5 nitrogen and oxygen atoms in total. The highest BCUT2D eigenvalue weighted by molar-refractivity contribution is 6.36. The Morgan fingerprint density at radius 3 is 2.58 bits per heavy atom. The number of anilines is 2. The molecule has 0 saturated carbocycles. The van der Waals surface area contributed by atoms with E-state index in [1.807, 2.05) is 0 Å². The van der Waals surface area contributed by atoms with Crippen molar-refractivity contribution in [2.45, 2.75) is 0 Å². The number of nitrogen functional groups attached to an aromatic ring is 1. The van der Waals surface area contributed by atoms with Crippen molar-refractivity contribution >= 4 is 40.6 Å². The number of hydrogen-bond donors (Lipinski definition) is 3. The number of rotatable bonds is 3. The van der Waals surface area contributed by atoms with Crippen LogP contribution in [0, 0.1) is 0 Å². The summed E-state index contributed by atoms with van der Waals surface area (Å²) >= 11 is 11.7. The van der Waals surface area contributed by atoms with Crippen LogP contribution in [-0.2, 0) is 0 Å². The minimum Gasteiger partial charge on any atom is -0.321 e. The van der Waals surface area contributed by atoms with Gasteiger partial charge in [0, 0.05) is 11.2 Å². The Morgan fingerprint density at radius 2 is 2.00 bits per heavy atom. The first-order chi connectivity index (χ1) is 9.10. The lowest BCUT2D eigenvalue weighted by Crippen LogP contribution is -2.14. The molecule has 0 atom stereocenters. The van der Waals surface area contributed by atoms with Crippen molar-refractivity contribution in [1.82, 2.24) is 4.98 Å². The van der Waals surface area contributed by atoms with Crippen LogP contribution in [0.25, 0.3) is 0 Å². The van der Waals surface area contributed by atoms with Gasteiger partial charge in [0.2, 0.25) is 0 Å². The van der Waals surface area contributed by atoms with E-state index in [1.54, 1.807) is 30.3 Å². The highest BCUT2D eigenvalue weighted by Crippen LogP contribution is 2.25. The molecule has 0 aliphatic heterocycles. The molecule has 0 aliphatic rings. The van der Waals surface area contributed by atoms with Crippen LogP contribution in [0.4, 0.5) is 11.5 Å². The van der Waals surface area contributed by atoms with Crippen molar-refractivity contribution in [2.75, 3.05) is 10.7 Å². The number of carbonyl (C=O) groups is 1. The zero-order valence-electron chi connectivity index (χ0n) is 9.65. The molecule has 19 heavy (non-hydrogen) atoms. The summed E-state index contributed by atoms with van der Waals surface area (Å²) in [6.07, 6.45) is 1.41. The number of benzene rings is 1. The second-order valence-corrected chi connectivity index (χ2v) is 4.50. The number of aromatic nitrogens is 1. The highest BCUT2D eigenvalue weighted by Gasteiger charge is 2.09. The van der Waals surface area contributed by atoms with Gasteiger partial charge in [-0.25, -0.2) is 10.8 Å². The number of nitrogens with two attached hydrogens (primary N) is 1. The zero-order chi connectivity index (χ0) is 13.8. The summed E-state index contributed by atoms with van der Waals surface area (Å²) in [5.74, 6) is 5.34. The monoisotopic (exact) mass is 296 g/mol. The quantitative estimate of drug-likeness (QED) is 0.601. The van der Waals surface area contributed by atoms with Gasteiger partial charge in [-0.05, 0) is 30.3 Å². The smallest absolute Gasteiger partial charge is 0.257 e. The maximum atomic E-state index is 12.0. The maximum absolute atomic E-state index is 12.0. The van der Waals surface area contributed by atoms with Crippen molar-refractivity contribution in [3.63, 3.8) is 0 Å². The van der Waals surface area contributed by atoms with E-state index in [1.165, 1.54) is 6.20 Å². The van der Waals surface area contributed by atoms with E-state index >= 15 is 0 Å². The third-order valence-electron chi connectivity index (χ3n) is 2.35. The summed E-state index contributed by atoms with van der Waals surface area (Å²) in [5.41, 5.74) is 3.26. The standard InChI is InChI=1S/C12H10Cl2N4O/c13-8-2-3-10(9(14)5-8)17-12(19)7-1-4-11(18-15)16-6-7/h1-6H,15H2,(H,16,18)(H,17,19). The van der Waals surface area contributed by atoms with Gasteiger partial charge in [0.1, 0.15) is 5.82 Å². The van der Waals surface area contributed by atoms with Crippen LogP contribution in [0.1, 0.15) is 10.4 Å². The number of amides is 1. The van der Waals surface area contributed by atoms with Crippen LogP contribution in [0.3, 0.4) is 0 Å². The normalized spacial score (nSPS) is 10.1. The van der Waals surface area contributed by atoms with Crippen LogP contribution in [0.15, 0.2) is 36.5 Å². The third kappa shape index (κ3) is 3.35. The summed E-state index contributed by atoms with van der Waals surface area (Å²) in [5, 5.41) is 3.54. The Labute approximate surface area is 119 Å². The predicted molar refractivity (Wildman–Crippen MR) is 76.5 cm³/mol. The number of nitrogens with zero attached hydrogens (tertiary/aromatic N) is 1. The zero-order valence-corrected chi connectivity index (χ0v) is 11.2. The van der Waals surface area contributed by atoms with Crippen molar-refractivity contribution in [3.05, 3.63) is 52.1 Å². The molecule has 2 aromatic rings. The molecule has 98 valence electrons. The number of pyridine rings is 1. The Kier molecular flexibility index (Phi) is 4.21. The molecule has 0 radical (unpaired) electrons. The van der Waals surface area contributed by atoms with Gasteiger partial charge in [-0.1, -0.05) is 23.2 Å². The molecule has 0 spiro atoms. The molecule has 1 aromatic heterocycles. The van der Waals surface area contributed by atoms with E-state index in [0.29, 0.717) is 27.1 Å². The van der Waals surface area contributed by atoms with Crippen LogP contribution in [0.5, 0.6) is 0 Å². The summed E-state index contributed by atoms with van der Waals surface area (Å²) in [4.78, 5) is 15.9. The van der Waals surface area contributed by atoms with Gasteiger partial charge in [0.15, 0.2) is 0 Å². The summed E-state index contributed by atoms with van der Waals surface area (Å²) in [6.45, 7) is 0. The number of halogens is 2. The van der Waals surface area contributed by atoms with E-state index in [4.69, 9.17) is 29.0 Å². The lowest BCUT2D eigenvalue weighted by Gasteiger charge is -2.07. The fourth-order valence-corrected chi connectivity index (χ4v) is 1.85. The average molecular weight is 297 g/mol.